The average molecular weight is 209 g/mol. The van der Waals surface area contributed by atoms with Gasteiger partial charge in [-0.25, -0.2) is 0 Å². The molecule has 1 unspecified atom stereocenters. The van der Waals surface area contributed by atoms with E-state index in [1.54, 1.807) is 12.4 Å². The van der Waals surface area contributed by atoms with Crippen molar-refractivity contribution in [3.63, 3.8) is 0 Å². The van der Waals surface area contributed by atoms with Gasteiger partial charge in [0.05, 0.1) is 12.2 Å². The van der Waals surface area contributed by atoms with Crippen molar-refractivity contribution < 1.29 is 9.90 Å². The molecular weight excluding hydrogens is 194 g/mol. The van der Waals surface area contributed by atoms with E-state index in [4.69, 9.17) is 10.8 Å². The third kappa shape index (κ3) is 2.02. The topological polar surface area (TPSA) is 81.1 Å². The molecule has 1 aromatic rings. The molecule has 82 valence electrons. The summed E-state index contributed by atoms with van der Waals surface area (Å²) in [7, 11) is 0. The van der Waals surface area contributed by atoms with Crippen LogP contribution in [-0.4, -0.2) is 20.9 Å². The molecule has 5 heteroatoms. The van der Waals surface area contributed by atoms with Crippen molar-refractivity contribution in [1.29, 1.82) is 0 Å². The lowest BCUT2D eigenvalue weighted by Gasteiger charge is -2.08. The molecular formula is C10H15N3O2. The number of hydrogen-bond donors (Lipinski definition) is 2. The molecule has 1 fully saturated rings. The van der Waals surface area contributed by atoms with Crippen LogP contribution in [0.25, 0.3) is 0 Å². The molecule has 0 radical (unpaired) electrons. The van der Waals surface area contributed by atoms with E-state index in [0.717, 1.165) is 12.8 Å². The predicted octanol–water partition coefficient (Wildman–Crippen LogP) is 1.08. The maximum atomic E-state index is 10.7. The first-order valence-corrected chi connectivity index (χ1v) is 5.21. The van der Waals surface area contributed by atoms with Gasteiger partial charge < -0.3 is 10.8 Å². The number of aromatic nitrogens is 2. The van der Waals surface area contributed by atoms with Gasteiger partial charge in [-0.15, -0.1) is 0 Å². The predicted molar refractivity (Wildman–Crippen MR) is 54.3 cm³/mol. The van der Waals surface area contributed by atoms with Crippen LogP contribution in [0.3, 0.4) is 0 Å². The molecule has 15 heavy (non-hydrogen) atoms. The summed E-state index contributed by atoms with van der Waals surface area (Å²) in [6.45, 7) is 0. The second kappa shape index (κ2) is 4.02. The van der Waals surface area contributed by atoms with Crippen LogP contribution in [0.5, 0.6) is 0 Å². The van der Waals surface area contributed by atoms with Gasteiger partial charge in [0.1, 0.15) is 6.04 Å². The molecule has 5 nitrogen and oxygen atoms in total. The van der Waals surface area contributed by atoms with Crippen molar-refractivity contribution in [3.05, 3.63) is 18.0 Å². The molecule has 0 saturated heterocycles. The third-order valence-electron chi connectivity index (χ3n) is 2.95. The van der Waals surface area contributed by atoms with Crippen molar-refractivity contribution in [3.8, 4) is 0 Å². The Morgan fingerprint density at radius 3 is 2.87 bits per heavy atom. The minimum Gasteiger partial charge on any atom is -0.480 e. The number of nitrogens with two attached hydrogens (primary N) is 1. The zero-order valence-corrected chi connectivity index (χ0v) is 8.47. The van der Waals surface area contributed by atoms with E-state index in [1.807, 2.05) is 4.68 Å². The molecule has 1 atom stereocenters. The Bertz CT molecular complexity index is 355. The highest BCUT2D eigenvalue weighted by molar-refractivity contribution is 5.74. The van der Waals surface area contributed by atoms with Crippen LogP contribution in [0.2, 0.25) is 0 Å². The van der Waals surface area contributed by atoms with E-state index in [0.29, 0.717) is 11.6 Å². The molecule has 0 aromatic carbocycles. The average Bonchev–Trinajstić information content (AvgIpc) is 2.86. The van der Waals surface area contributed by atoms with Crippen molar-refractivity contribution in [2.75, 3.05) is 0 Å². The largest absolute Gasteiger partial charge is 0.480 e. The Labute approximate surface area is 87.9 Å². The number of nitrogens with zero attached hydrogens (tertiary/aromatic N) is 2. The summed E-state index contributed by atoms with van der Waals surface area (Å²) in [4.78, 5) is 10.7. The Morgan fingerprint density at radius 1 is 1.60 bits per heavy atom. The van der Waals surface area contributed by atoms with Crippen molar-refractivity contribution in [2.24, 2.45) is 5.73 Å². The van der Waals surface area contributed by atoms with Gasteiger partial charge in [0, 0.05) is 11.8 Å². The van der Waals surface area contributed by atoms with E-state index in [1.165, 1.54) is 12.8 Å². The summed E-state index contributed by atoms with van der Waals surface area (Å²) in [5.41, 5.74) is 6.08. The standard InChI is InChI=1S/C10H15N3O2/c11-9(10(14)15)7-5-12-13(6-7)8-3-1-2-4-8/h5-6,8-9H,1-4,11H2,(H,14,15). The lowest BCUT2D eigenvalue weighted by Crippen LogP contribution is -2.20. The molecule has 1 heterocycles. The SMILES string of the molecule is NC(C(=O)O)c1cnn(C2CCCC2)c1. The van der Waals surface area contributed by atoms with Crippen molar-refractivity contribution >= 4 is 5.97 Å². The normalized spacial score (nSPS) is 19.3. The fourth-order valence-corrected chi connectivity index (χ4v) is 2.02. The van der Waals surface area contributed by atoms with Gasteiger partial charge >= 0.3 is 5.97 Å². The van der Waals surface area contributed by atoms with E-state index in [-0.39, 0.29) is 0 Å². The van der Waals surface area contributed by atoms with Gasteiger partial charge in [0.25, 0.3) is 0 Å². The second-order valence-electron chi connectivity index (χ2n) is 4.01. The number of aliphatic carboxylic acids is 1. The minimum atomic E-state index is -1.01. The van der Waals surface area contributed by atoms with E-state index >= 15 is 0 Å². The minimum absolute atomic E-state index is 0.430. The monoisotopic (exact) mass is 209 g/mol. The number of carbonyl (C=O) groups is 1. The summed E-state index contributed by atoms with van der Waals surface area (Å²) < 4.78 is 1.85. The van der Waals surface area contributed by atoms with Crippen molar-refractivity contribution in [2.45, 2.75) is 37.8 Å². The van der Waals surface area contributed by atoms with Crippen LogP contribution in [0.1, 0.15) is 43.3 Å². The van der Waals surface area contributed by atoms with Crippen LogP contribution in [-0.2, 0) is 4.79 Å². The van der Waals surface area contributed by atoms with Crippen molar-refractivity contribution in [1.82, 2.24) is 9.78 Å². The Hall–Kier alpha value is -1.36. The molecule has 1 aromatic heterocycles. The quantitative estimate of drug-likeness (QED) is 0.780. The maximum absolute atomic E-state index is 10.7. The molecule has 3 N–H and O–H groups in total. The van der Waals surface area contributed by atoms with Gasteiger partial charge in [-0.3, -0.25) is 9.48 Å². The van der Waals surface area contributed by atoms with Gasteiger partial charge in [-0.1, -0.05) is 12.8 Å². The molecule has 0 spiro atoms. The lowest BCUT2D eigenvalue weighted by molar-refractivity contribution is -0.138. The van der Waals surface area contributed by atoms with E-state index in [2.05, 4.69) is 5.10 Å². The molecule has 1 aliphatic rings. The fourth-order valence-electron chi connectivity index (χ4n) is 2.02. The second-order valence-corrected chi connectivity index (χ2v) is 4.01. The van der Waals surface area contributed by atoms with Crippen LogP contribution < -0.4 is 5.73 Å². The van der Waals surface area contributed by atoms with Gasteiger partial charge in [0.2, 0.25) is 0 Å². The van der Waals surface area contributed by atoms with Crippen LogP contribution in [0.4, 0.5) is 0 Å². The van der Waals surface area contributed by atoms with E-state index in [9.17, 15) is 4.79 Å². The first-order valence-electron chi connectivity index (χ1n) is 5.21. The number of carboxylic acids is 1. The Kier molecular flexibility index (Phi) is 2.73. The molecule has 1 aliphatic carbocycles. The summed E-state index contributed by atoms with van der Waals surface area (Å²) in [5.74, 6) is -1.01. The fraction of sp³-hybridized carbons (Fsp3) is 0.600. The summed E-state index contributed by atoms with van der Waals surface area (Å²) in [5, 5.41) is 12.9. The third-order valence-corrected chi connectivity index (χ3v) is 2.95. The molecule has 0 aliphatic heterocycles. The highest BCUT2D eigenvalue weighted by atomic mass is 16.4. The zero-order chi connectivity index (χ0) is 10.8. The van der Waals surface area contributed by atoms with Crippen LogP contribution >= 0.6 is 0 Å². The number of rotatable bonds is 3. The van der Waals surface area contributed by atoms with Crippen LogP contribution in [0.15, 0.2) is 12.4 Å². The van der Waals surface area contributed by atoms with E-state index < -0.39 is 12.0 Å². The first-order chi connectivity index (χ1) is 7.18. The summed E-state index contributed by atoms with van der Waals surface area (Å²) >= 11 is 0. The zero-order valence-electron chi connectivity index (χ0n) is 8.47. The maximum Gasteiger partial charge on any atom is 0.325 e. The summed E-state index contributed by atoms with van der Waals surface area (Å²) in [6, 6.07) is -0.528. The molecule has 0 bridgehead atoms. The van der Waals surface area contributed by atoms with Gasteiger partial charge in [0.15, 0.2) is 0 Å². The summed E-state index contributed by atoms with van der Waals surface area (Å²) in [6.07, 6.45) is 8.02. The number of hydrogen-bond acceptors (Lipinski definition) is 3. The van der Waals surface area contributed by atoms with Gasteiger partial charge in [-0.05, 0) is 12.8 Å². The highest BCUT2D eigenvalue weighted by Gasteiger charge is 2.21. The highest BCUT2D eigenvalue weighted by Crippen LogP contribution is 2.29. The molecule has 2 rings (SSSR count). The smallest absolute Gasteiger partial charge is 0.325 e. The Balaban J connectivity index is 2.12. The van der Waals surface area contributed by atoms with Crippen LogP contribution in [0, 0.1) is 0 Å². The van der Waals surface area contributed by atoms with Gasteiger partial charge in [-0.2, -0.15) is 5.10 Å². The first kappa shape index (κ1) is 10.2. The Morgan fingerprint density at radius 2 is 2.27 bits per heavy atom. The lowest BCUT2D eigenvalue weighted by atomic mass is 10.2. The molecule has 1 saturated carbocycles. The number of carboxylic acid groups (broad SMARTS) is 1. The molecule has 0 amide bonds.